The van der Waals surface area contributed by atoms with E-state index in [1.54, 1.807) is 6.08 Å². The maximum absolute atomic E-state index is 9.04. The lowest BCUT2D eigenvalue weighted by Gasteiger charge is -2.00. The van der Waals surface area contributed by atoms with Gasteiger partial charge in [-0.25, -0.2) is 4.68 Å². The summed E-state index contributed by atoms with van der Waals surface area (Å²) in [5.41, 5.74) is 7.02. The maximum atomic E-state index is 9.04. The average molecular weight is 226 g/mol. The van der Waals surface area contributed by atoms with Gasteiger partial charge < -0.3 is 5.73 Å². The van der Waals surface area contributed by atoms with Gasteiger partial charge in [0.15, 0.2) is 0 Å². The summed E-state index contributed by atoms with van der Waals surface area (Å²) in [7, 11) is 0. The molecular formula is C11H10N6. The monoisotopic (exact) mass is 226 g/mol. The predicted molar refractivity (Wildman–Crippen MR) is 62.3 cm³/mol. The van der Waals surface area contributed by atoms with Gasteiger partial charge in [-0.3, -0.25) is 0 Å². The Hall–Kier alpha value is -2.68. The number of benzene rings is 1. The van der Waals surface area contributed by atoms with E-state index >= 15 is 0 Å². The van der Waals surface area contributed by atoms with Crippen LogP contribution < -0.4 is 5.73 Å². The minimum atomic E-state index is 0.194. The van der Waals surface area contributed by atoms with Crippen LogP contribution in [-0.2, 0) is 6.54 Å². The molecule has 0 atom stereocenters. The van der Waals surface area contributed by atoms with Gasteiger partial charge in [-0.2, -0.15) is 5.26 Å². The average Bonchev–Trinajstić information content (AvgIpc) is 2.75. The first-order chi connectivity index (χ1) is 8.29. The van der Waals surface area contributed by atoms with Crippen LogP contribution in [0.2, 0.25) is 0 Å². The molecule has 2 rings (SSSR count). The third kappa shape index (κ3) is 2.66. The first-order valence-corrected chi connectivity index (χ1v) is 4.97. The van der Waals surface area contributed by atoms with E-state index in [0.29, 0.717) is 5.57 Å². The number of hydrogen-bond acceptors (Lipinski definition) is 5. The minimum Gasteiger partial charge on any atom is -0.367 e. The van der Waals surface area contributed by atoms with Gasteiger partial charge >= 0.3 is 0 Å². The smallest absolute Gasteiger partial charge is 0.240 e. The summed E-state index contributed by atoms with van der Waals surface area (Å²) >= 11 is 0. The first-order valence-electron chi connectivity index (χ1n) is 4.97. The normalized spacial score (nSPS) is 11.1. The molecule has 0 spiro atoms. The molecule has 84 valence electrons. The van der Waals surface area contributed by atoms with Crippen molar-refractivity contribution in [2.45, 2.75) is 6.54 Å². The quantitative estimate of drug-likeness (QED) is 0.783. The van der Waals surface area contributed by atoms with E-state index in [4.69, 9.17) is 11.0 Å². The highest BCUT2D eigenvalue weighted by Gasteiger charge is 2.04. The van der Waals surface area contributed by atoms with Gasteiger partial charge in [-0.15, -0.1) is 0 Å². The second-order valence-corrected chi connectivity index (χ2v) is 3.39. The Kier molecular flexibility index (Phi) is 3.12. The van der Waals surface area contributed by atoms with Gasteiger partial charge in [0, 0.05) is 0 Å². The van der Waals surface area contributed by atoms with E-state index in [1.807, 2.05) is 30.3 Å². The summed E-state index contributed by atoms with van der Waals surface area (Å²) in [5, 5.41) is 19.7. The molecule has 0 bridgehead atoms. The summed E-state index contributed by atoms with van der Waals surface area (Å²) < 4.78 is 1.37. The van der Waals surface area contributed by atoms with Gasteiger partial charge in [0.25, 0.3) is 0 Å². The summed E-state index contributed by atoms with van der Waals surface area (Å²) in [5.74, 6) is 0.194. The first kappa shape index (κ1) is 10.8. The topological polar surface area (TPSA) is 93.4 Å². The maximum Gasteiger partial charge on any atom is 0.240 e. The van der Waals surface area contributed by atoms with Crippen LogP contribution in [0, 0.1) is 11.3 Å². The Balaban J connectivity index is 2.21. The number of anilines is 1. The van der Waals surface area contributed by atoms with Gasteiger partial charge in [0.05, 0.1) is 18.2 Å². The molecule has 0 amide bonds. The van der Waals surface area contributed by atoms with Crippen molar-refractivity contribution in [2.75, 3.05) is 5.73 Å². The highest BCUT2D eigenvalue weighted by molar-refractivity contribution is 5.56. The van der Waals surface area contributed by atoms with Crippen molar-refractivity contribution in [1.82, 2.24) is 20.2 Å². The molecule has 0 unspecified atom stereocenters. The number of aromatic nitrogens is 4. The standard InChI is InChI=1S/C11H10N6/c12-7-10(6-9-4-2-1-3-5-9)8-17-11(13)14-15-16-17/h1-6H,8H2,(H2,13,14,16)/b10-6-. The van der Waals surface area contributed by atoms with Crippen LogP contribution in [0.5, 0.6) is 0 Å². The van der Waals surface area contributed by atoms with Crippen molar-refractivity contribution in [3.63, 3.8) is 0 Å². The van der Waals surface area contributed by atoms with Gasteiger partial charge in [0.2, 0.25) is 5.95 Å². The van der Waals surface area contributed by atoms with Crippen molar-refractivity contribution >= 4 is 12.0 Å². The predicted octanol–water partition coefficient (Wildman–Crippen LogP) is 0.862. The second-order valence-electron chi connectivity index (χ2n) is 3.39. The molecular weight excluding hydrogens is 216 g/mol. The van der Waals surface area contributed by atoms with E-state index in [1.165, 1.54) is 4.68 Å². The second kappa shape index (κ2) is 4.90. The molecule has 0 saturated heterocycles. The molecule has 1 aromatic carbocycles. The molecule has 0 fully saturated rings. The molecule has 6 nitrogen and oxygen atoms in total. The number of rotatable bonds is 3. The lowest BCUT2D eigenvalue weighted by atomic mass is 10.1. The number of nitrogens with zero attached hydrogens (tertiary/aromatic N) is 5. The molecule has 2 aromatic rings. The van der Waals surface area contributed by atoms with Crippen molar-refractivity contribution in [1.29, 1.82) is 5.26 Å². The van der Waals surface area contributed by atoms with Crippen LogP contribution in [-0.4, -0.2) is 20.2 Å². The summed E-state index contributed by atoms with van der Waals surface area (Å²) in [4.78, 5) is 0. The highest BCUT2D eigenvalue weighted by atomic mass is 15.6. The Morgan fingerprint density at radius 1 is 1.41 bits per heavy atom. The SMILES string of the molecule is N#C/C(=C/c1ccccc1)Cn1nnnc1N. The summed E-state index contributed by atoms with van der Waals surface area (Å²) in [6, 6.07) is 11.7. The van der Waals surface area contributed by atoms with Crippen LogP contribution in [0.25, 0.3) is 6.08 Å². The molecule has 6 heteroatoms. The molecule has 1 aromatic heterocycles. The van der Waals surface area contributed by atoms with Crippen LogP contribution in [0.4, 0.5) is 5.95 Å². The van der Waals surface area contributed by atoms with Crippen molar-refractivity contribution < 1.29 is 0 Å². The van der Waals surface area contributed by atoms with Crippen LogP contribution in [0.1, 0.15) is 5.56 Å². The van der Waals surface area contributed by atoms with Crippen LogP contribution >= 0.6 is 0 Å². The number of allylic oxidation sites excluding steroid dienone is 1. The molecule has 0 aliphatic carbocycles. The highest BCUT2D eigenvalue weighted by Crippen LogP contribution is 2.08. The molecule has 0 radical (unpaired) electrons. The molecule has 0 aliphatic rings. The zero-order valence-electron chi connectivity index (χ0n) is 8.98. The Morgan fingerprint density at radius 3 is 2.76 bits per heavy atom. The van der Waals surface area contributed by atoms with Crippen LogP contribution in [0.15, 0.2) is 35.9 Å². The number of nitrogen functional groups attached to an aromatic ring is 1. The fourth-order valence-electron chi connectivity index (χ4n) is 1.35. The van der Waals surface area contributed by atoms with Crippen LogP contribution in [0.3, 0.4) is 0 Å². The van der Waals surface area contributed by atoms with E-state index in [9.17, 15) is 0 Å². The zero-order valence-corrected chi connectivity index (χ0v) is 8.98. The molecule has 1 heterocycles. The Bertz CT molecular complexity index is 563. The molecule has 17 heavy (non-hydrogen) atoms. The van der Waals surface area contributed by atoms with E-state index < -0.39 is 0 Å². The summed E-state index contributed by atoms with van der Waals surface area (Å²) in [6.07, 6.45) is 1.78. The van der Waals surface area contributed by atoms with E-state index in [0.717, 1.165) is 5.56 Å². The molecule has 0 aliphatic heterocycles. The van der Waals surface area contributed by atoms with Crippen molar-refractivity contribution in [3.8, 4) is 6.07 Å². The van der Waals surface area contributed by atoms with E-state index in [-0.39, 0.29) is 12.5 Å². The van der Waals surface area contributed by atoms with Crippen molar-refractivity contribution in [3.05, 3.63) is 41.5 Å². The zero-order chi connectivity index (χ0) is 12.1. The minimum absolute atomic E-state index is 0.194. The van der Waals surface area contributed by atoms with Crippen molar-refractivity contribution in [2.24, 2.45) is 0 Å². The number of nitriles is 1. The van der Waals surface area contributed by atoms with E-state index in [2.05, 4.69) is 21.6 Å². The third-order valence-electron chi connectivity index (χ3n) is 2.16. The van der Waals surface area contributed by atoms with Gasteiger partial charge in [-0.05, 0) is 22.1 Å². The fourth-order valence-corrected chi connectivity index (χ4v) is 1.35. The Labute approximate surface area is 98.0 Å². The molecule has 2 N–H and O–H groups in total. The number of tetrazole rings is 1. The lowest BCUT2D eigenvalue weighted by molar-refractivity contribution is 0.657. The molecule has 0 saturated carbocycles. The lowest BCUT2D eigenvalue weighted by Crippen LogP contribution is -2.06. The summed E-state index contributed by atoms with van der Waals surface area (Å²) in [6.45, 7) is 0.268. The largest absolute Gasteiger partial charge is 0.367 e. The fraction of sp³-hybridized carbons (Fsp3) is 0.0909. The van der Waals surface area contributed by atoms with Gasteiger partial charge in [-0.1, -0.05) is 35.4 Å². The number of nitrogens with two attached hydrogens (primary N) is 1. The third-order valence-corrected chi connectivity index (χ3v) is 2.16. The number of hydrogen-bond donors (Lipinski definition) is 1. The Morgan fingerprint density at radius 2 is 2.18 bits per heavy atom. The van der Waals surface area contributed by atoms with Gasteiger partial charge in [0.1, 0.15) is 0 Å².